The molecular weight excluding hydrogens is 468 g/mol. The van der Waals surface area contributed by atoms with Gasteiger partial charge in [-0.2, -0.15) is 5.10 Å². The minimum absolute atomic E-state index is 0.0848. The summed E-state index contributed by atoms with van der Waals surface area (Å²) in [5.74, 6) is -1.31. The molecule has 0 spiro atoms. The van der Waals surface area contributed by atoms with Crippen LogP contribution in [0.25, 0.3) is 16.9 Å². The predicted molar refractivity (Wildman–Crippen MR) is 130 cm³/mol. The summed E-state index contributed by atoms with van der Waals surface area (Å²) in [6, 6.07) is 25.4. The molecule has 1 atom stereocenters. The van der Waals surface area contributed by atoms with Crippen molar-refractivity contribution in [1.82, 2.24) is 9.78 Å². The molecule has 0 aliphatic heterocycles. The standard InChI is InChI=1S/C25H22N4O5S/c1-17(24(30)27-19-12-14-21(15-13-19)35(26,32)33)34-25(31)23-16-22(18-8-4-2-5-9-18)28-29(23)20-10-6-3-7-11-20/h2-17H,1H3,(H,27,30)(H2,26,32,33)/t17-/m1/s1. The number of carbonyl (C=O) groups excluding carboxylic acids is 2. The largest absolute Gasteiger partial charge is 0.448 e. The second kappa shape index (κ2) is 9.92. The highest BCUT2D eigenvalue weighted by molar-refractivity contribution is 7.89. The summed E-state index contributed by atoms with van der Waals surface area (Å²) in [4.78, 5) is 25.6. The van der Waals surface area contributed by atoms with Gasteiger partial charge in [0.05, 0.1) is 16.3 Å². The van der Waals surface area contributed by atoms with Gasteiger partial charge >= 0.3 is 5.97 Å². The maximum Gasteiger partial charge on any atom is 0.357 e. The van der Waals surface area contributed by atoms with E-state index in [9.17, 15) is 18.0 Å². The fraction of sp³-hybridized carbons (Fsp3) is 0.0800. The van der Waals surface area contributed by atoms with Gasteiger partial charge in [-0.3, -0.25) is 4.79 Å². The van der Waals surface area contributed by atoms with Crippen molar-refractivity contribution in [2.45, 2.75) is 17.9 Å². The van der Waals surface area contributed by atoms with Crippen molar-refractivity contribution in [1.29, 1.82) is 0 Å². The molecular formula is C25H22N4O5S. The summed E-state index contributed by atoms with van der Waals surface area (Å²) >= 11 is 0. The molecule has 0 unspecified atom stereocenters. The molecule has 1 heterocycles. The minimum atomic E-state index is -3.85. The van der Waals surface area contributed by atoms with E-state index in [0.29, 0.717) is 17.1 Å². The maximum absolute atomic E-state index is 13.1. The molecule has 0 fully saturated rings. The number of nitrogens with one attached hydrogen (secondary N) is 1. The molecule has 178 valence electrons. The van der Waals surface area contributed by atoms with E-state index in [-0.39, 0.29) is 10.6 Å². The number of aromatic nitrogens is 2. The van der Waals surface area contributed by atoms with Gasteiger partial charge < -0.3 is 10.1 Å². The molecule has 1 amide bonds. The van der Waals surface area contributed by atoms with E-state index in [1.807, 2.05) is 48.5 Å². The van der Waals surface area contributed by atoms with E-state index in [1.54, 1.807) is 18.2 Å². The summed E-state index contributed by atoms with van der Waals surface area (Å²) in [6.07, 6.45) is -1.14. The van der Waals surface area contributed by atoms with Gasteiger partial charge in [0, 0.05) is 11.3 Å². The molecule has 10 heteroatoms. The molecule has 0 aliphatic rings. The molecule has 0 saturated carbocycles. The molecule has 0 radical (unpaired) electrons. The van der Waals surface area contributed by atoms with E-state index in [1.165, 1.54) is 35.9 Å². The van der Waals surface area contributed by atoms with Crippen LogP contribution in [0.4, 0.5) is 5.69 Å². The number of carbonyl (C=O) groups is 2. The Hall–Kier alpha value is -4.28. The third-order valence-corrected chi connectivity index (χ3v) is 6.02. The van der Waals surface area contributed by atoms with Gasteiger partial charge in [0.15, 0.2) is 11.8 Å². The van der Waals surface area contributed by atoms with Crippen LogP contribution in [-0.2, 0) is 19.6 Å². The van der Waals surface area contributed by atoms with E-state index in [4.69, 9.17) is 9.88 Å². The fourth-order valence-corrected chi connectivity index (χ4v) is 3.80. The van der Waals surface area contributed by atoms with Crippen LogP contribution in [0.5, 0.6) is 0 Å². The van der Waals surface area contributed by atoms with E-state index >= 15 is 0 Å². The summed E-state index contributed by atoms with van der Waals surface area (Å²) < 4.78 is 29.7. The smallest absolute Gasteiger partial charge is 0.357 e. The Morgan fingerprint density at radius 1 is 0.943 bits per heavy atom. The predicted octanol–water partition coefficient (Wildman–Crippen LogP) is 3.37. The summed E-state index contributed by atoms with van der Waals surface area (Å²) in [5, 5.41) is 12.2. The number of benzene rings is 3. The highest BCUT2D eigenvalue weighted by Gasteiger charge is 2.24. The lowest BCUT2D eigenvalue weighted by Crippen LogP contribution is -2.30. The first-order valence-corrected chi connectivity index (χ1v) is 12.1. The zero-order valence-electron chi connectivity index (χ0n) is 18.7. The van der Waals surface area contributed by atoms with Gasteiger partial charge in [-0.05, 0) is 49.4 Å². The molecule has 0 bridgehead atoms. The average Bonchev–Trinajstić information content (AvgIpc) is 3.31. The van der Waals surface area contributed by atoms with Crippen molar-refractivity contribution in [3.05, 3.63) is 96.7 Å². The van der Waals surface area contributed by atoms with Crippen LogP contribution < -0.4 is 10.5 Å². The fourth-order valence-electron chi connectivity index (χ4n) is 3.29. The minimum Gasteiger partial charge on any atom is -0.448 e. The number of primary sulfonamides is 1. The number of nitrogens with zero attached hydrogens (tertiary/aromatic N) is 2. The molecule has 4 aromatic rings. The molecule has 0 aliphatic carbocycles. The SMILES string of the molecule is C[C@@H](OC(=O)c1cc(-c2ccccc2)nn1-c1ccccc1)C(=O)Nc1ccc(S(N)(=O)=O)cc1. The number of para-hydroxylation sites is 1. The third-order valence-electron chi connectivity index (χ3n) is 5.09. The van der Waals surface area contributed by atoms with E-state index in [0.717, 1.165) is 5.56 Å². The lowest BCUT2D eigenvalue weighted by atomic mass is 10.1. The lowest BCUT2D eigenvalue weighted by Gasteiger charge is -2.14. The van der Waals surface area contributed by atoms with Crippen molar-refractivity contribution >= 4 is 27.6 Å². The monoisotopic (exact) mass is 490 g/mol. The first kappa shape index (κ1) is 23.9. The second-order valence-corrected chi connectivity index (χ2v) is 9.20. The normalized spacial score (nSPS) is 12.1. The number of hydrogen-bond acceptors (Lipinski definition) is 6. The second-order valence-electron chi connectivity index (χ2n) is 7.63. The Labute approximate surface area is 202 Å². The highest BCUT2D eigenvalue weighted by atomic mass is 32.2. The Kier molecular flexibility index (Phi) is 6.76. The van der Waals surface area contributed by atoms with E-state index < -0.39 is 28.0 Å². The Morgan fingerprint density at radius 2 is 1.54 bits per heavy atom. The van der Waals surface area contributed by atoms with Gasteiger partial charge in [0.25, 0.3) is 5.91 Å². The highest BCUT2D eigenvalue weighted by Crippen LogP contribution is 2.23. The van der Waals surface area contributed by atoms with Crippen LogP contribution in [0.2, 0.25) is 0 Å². The number of ether oxygens (including phenoxy) is 1. The van der Waals surface area contributed by atoms with Crippen LogP contribution in [0.1, 0.15) is 17.4 Å². The topological polar surface area (TPSA) is 133 Å². The van der Waals surface area contributed by atoms with Gasteiger partial charge in [-0.1, -0.05) is 48.5 Å². The first-order valence-electron chi connectivity index (χ1n) is 10.6. The van der Waals surface area contributed by atoms with Crippen molar-refractivity contribution < 1.29 is 22.7 Å². The number of rotatable bonds is 7. The van der Waals surface area contributed by atoms with Crippen LogP contribution in [0.3, 0.4) is 0 Å². The zero-order chi connectivity index (χ0) is 25.0. The maximum atomic E-state index is 13.1. The molecule has 3 aromatic carbocycles. The molecule has 1 aromatic heterocycles. The molecule has 3 N–H and O–H groups in total. The number of hydrogen-bond donors (Lipinski definition) is 2. The first-order chi connectivity index (χ1) is 16.7. The molecule has 0 saturated heterocycles. The van der Waals surface area contributed by atoms with Gasteiger partial charge in [-0.25, -0.2) is 23.0 Å². The Balaban J connectivity index is 1.53. The number of amides is 1. The van der Waals surface area contributed by atoms with Crippen molar-refractivity contribution in [3.8, 4) is 16.9 Å². The molecule has 9 nitrogen and oxygen atoms in total. The number of nitrogens with two attached hydrogens (primary N) is 1. The summed E-state index contributed by atoms with van der Waals surface area (Å²) in [7, 11) is -3.85. The number of anilines is 1. The van der Waals surface area contributed by atoms with Gasteiger partial charge in [0.2, 0.25) is 10.0 Å². The molecule has 4 rings (SSSR count). The zero-order valence-corrected chi connectivity index (χ0v) is 19.5. The number of sulfonamides is 1. The lowest BCUT2D eigenvalue weighted by molar-refractivity contribution is -0.123. The van der Waals surface area contributed by atoms with Crippen LogP contribution in [-0.4, -0.2) is 36.2 Å². The van der Waals surface area contributed by atoms with E-state index in [2.05, 4.69) is 10.4 Å². The van der Waals surface area contributed by atoms with Crippen molar-refractivity contribution in [2.75, 3.05) is 5.32 Å². The number of esters is 1. The van der Waals surface area contributed by atoms with Crippen molar-refractivity contribution in [3.63, 3.8) is 0 Å². The van der Waals surface area contributed by atoms with Crippen LogP contribution >= 0.6 is 0 Å². The average molecular weight is 491 g/mol. The van der Waals surface area contributed by atoms with Crippen molar-refractivity contribution in [2.24, 2.45) is 5.14 Å². The molecule has 35 heavy (non-hydrogen) atoms. The van der Waals surface area contributed by atoms with Crippen LogP contribution in [0.15, 0.2) is 95.9 Å². The van der Waals surface area contributed by atoms with Gasteiger partial charge in [0.1, 0.15) is 0 Å². The van der Waals surface area contributed by atoms with Crippen LogP contribution in [0, 0.1) is 0 Å². The quantitative estimate of drug-likeness (QED) is 0.382. The third kappa shape index (κ3) is 5.62. The summed E-state index contributed by atoms with van der Waals surface area (Å²) in [6.45, 7) is 1.44. The Morgan fingerprint density at radius 3 is 2.14 bits per heavy atom. The van der Waals surface area contributed by atoms with Gasteiger partial charge in [-0.15, -0.1) is 0 Å². The Bertz CT molecular complexity index is 1450. The summed E-state index contributed by atoms with van der Waals surface area (Å²) in [5.41, 5.74) is 2.55.